The first-order valence-electron chi connectivity index (χ1n) is 13.4. The third kappa shape index (κ3) is 5.08. The highest BCUT2D eigenvalue weighted by Gasteiger charge is 2.40. The highest BCUT2D eigenvalue weighted by Crippen LogP contribution is 2.55. The van der Waals surface area contributed by atoms with E-state index in [1.54, 1.807) is 0 Å². The van der Waals surface area contributed by atoms with Crippen molar-refractivity contribution >= 4 is 6.08 Å². The number of rotatable bonds is 7. The summed E-state index contributed by atoms with van der Waals surface area (Å²) < 4.78 is 0. The second kappa shape index (κ2) is 10.4. The lowest BCUT2D eigenvalue weighted by Gasteiger charge is -2.34. The van der Waals surface area contributed by atoms with Gasteiger partial charge in [0.05, 0.1) is 0 Å². The van der Waals surface area contributed by atoms with Gasteiger partial charge in [-0.25, -0.2) is 0 Å². The highest BCUT2D eigenvalue weighted by atomic mass is 14.4. The van der Waals surface area contributed by atoms with Crippen LogP contribution in [0.25, 0.3) is 6.08 Å². The molecule has 1 saturated carbocycles. The third-order valence-electron chi connectivity index (χ3n) is 7.89. The molecule has 0 aromatic heterocycles. The Kier molecular flexibility index (Phi) is 7.50. The molecule has 0 heteroatoms. The number of fused-ring (bicyclic) bond motifs is 1. The van der Waals surface area contributed by atoms with Crippen LogP contribution in [-0.2, 0) is 0 Å². The van der Waals surface area contributed by atoms with Gasteiger partial charge in [0.2, 0.25) is 0 Å². The van der Waals surface area contributed by atoms with E-state index in [9.17, 15) is 0 Å². The molecule has 2 aliphatic rings. The van der Waals surface area contributed by atoms with Gasteiger partial charge >= 0.3 is 0 Å². The van der Waals surface area contributed by atoms with Crippen molar-refractivity contribution in [3.8, 4) is 0 Å². The Labute approximate surface area is 213 Å². The fourth-order valence-electron chi connectivity index (χ4n) is 5.90. The van der Waals surface area contributed by atoms with E-state index < -0.39 is 0 Å². The van der Waals surface area contributed by atoms with Crippen LogP contribution in [0.5, 0.6) is 0 Å². The van der Waals surface area contributed by atoms with E-state index in [2.05, 4.69) is 115 Å². The molecule has 2 unspecified atom stereocenters. The van der Waals surface area contributed by atoms with Crippen LogP contribution >= 0.6 is 0 Å². The van der Waals surface area contributed by atoms with Crippen LogP contribution in [-0.4, -0.2) is 0 Å². The fourth-order valence-corrected chi connectivity index (χ4v) is 5.90. The van der Waals surface area contributed by atoms with Gasteiger partial charge in [0.1, 0.15) is 0 Å². The van der Waals surface area contributed by atoms with Crippen LogP contribution in [0.15, 0.2) is 101 Å². The molecule has 0 aliphatic heterocycles. The minimum absolute atomic E-state index is 0.289. The molecular formula is C35H42. The molecule has 35 heavy (non-hydrogen) atoms. The molecule has 2 aliphatic carbocycles. The summed E-state index contributed by atoms with van der Waals surface area (Å²) in [5, 5.41) is 0. The molecule has 0 spiro atoms. The van der Waals surface area contributed by atoms with Gasteiger partial charge in [-0.3, -0.25) is 0 Å². The second-order valence-corrected chi connectivity index (χ2v) is 11.1. The molecule has 2 aromatic carbocycles. The van der Waals surface area contributed by atoms with Gasteiger partial charge in [0.25, 0.3) is 0 Å². The maximum atomic E-state index is 4.69. The van der Waals surface area contributed by atoms with Crippen molar-refractivity contribution in [2.75, 3.05) is 0 Å². The highest BCUT2D eigenvalue weighted by molar-refractivity contribution is 5.67. The summed E-state index contributed by atoms with van der Waals surface area (Å²) in [5.41, 5.74) is 13.7. The molecule has 4 rings (SSSR count). The summed E-state index contributed by atoms with van der Waals surface area (Å²) in [6.07, 6.45) is 7.95. The Morgan fingerprint density at radius 2 is 1.49 bits per heavy atom. The number of allylic oxidation sites excluding steroid dienone is 7. The Bertz CT molecular complexity index is 1190. The molecular weight excluding hydrogens is 420 g/mol. The van der Waals surface area contributed by atoms with Gasteiger partial charge in [-0.1, -0.05) is 126 Å². The van der Waals surface area contributed by atoms with Gasteiger partial charge < -0.3 is 0 Å². The van der Waals surface area contributed by atoms with Gasteiger partial charge in [-0.15, -0.1) is 0 Å². The first kappa shape index (κ1) is 25.2. The predicted molar refractivity (Wildman–Crippen MR) is 154 cm³/mol. The SMILES string of the molecule is C=C(CCC)C1=C(C)C=C2C/C(=C/c3ccc(C(C)C)cc3)C(=C)C2C1c1ccc(C(C)C)cc1. The van der Waals surface area contributed by atoms with Crippen molar-refractivity contribution in [2.24, 2.45) is 5.92 Å². The molecule has 0 nitrogen and oxygen atoms in total. The van der Waals surface area contributed by atoms with Crippen molar-refractivity contribution < 1.29 is 0 Å². The van der Waals surface area contributed by atoms with Gasteiger partial charge in [-0.2, -0.15) is 0 Å². The van der Waals surface area contributed by atoms with E-state index >= 15 is 0 Å². The summed E-state index contributed by atoms with van der Waals surface area (Å²) >= 11 is 0. The van der Waals surface area contributed by atoms with Crippen LogP contribution in [0.4, 0.5) is 0 Å². The first-order chi connectivity index (χ1) is 16.7. The van der Waals surface area contributed by atoms with Gasteiger partial charge in [0, 0.05) is 11.8 Å². The quantitative estimate of drug-likeness (QED) is 0.384. The van der Waals surface area contributed by atoms with Crippen LogP contribution in [0.2, 0.25) is 0 Å². The zero-order valence-electron chi connectivity index (χ0n) is 22.6. The van der Waals surface area contributed by atoms with Crippen molar-refractivity contribution in [1.82, 2.24) is 0 Å². The smallest absolute Gasteiger partial charge is 0.0201 e. The molecule has 0 heterocycles. The second-order valence-electron chi connectivity index (χ2n) is 11.1. The zero-order chi connectivity index (χ0) is 25.3. The zero-order valence-corrected chi connectivity index (χ0v) is 22.6. The molecule has 0 bridgehead atoms. The summed E-state index contributed by atoms with van der Waals surface area (Å²) in [7, 11) is 0. The minimum Gasteiger partial charge on any atom is -0.0955 e. The average molecular weight is 463 g/mol. The van der Waals surface area contributed by atoms with Crippen LogP contribution < -0.4 is 0 Å². The Balaban J connectivity index is 1.75. The lowest BCUT2D eigenvalue weighted by Crippen LogP contribution is -2.21. The summed E-state index contributed by atoms with van der Waals surface area (Å²) in [6.45, 7) is 22.8. The van der Waals surface area contributed by atoms with E-state index in [4.69, 9.17) is 0 Å². The Morgan fingerprint density at radius 1 is 0.914 bits per heavy atom. The molecule has 0 saturated heterocycles. The van der Waals surface area contributed by atoms with Crippen LogP contribution in [0, 0.1) is 5.92 Å². The average Bonchev–Trinajstić information content (AvgIpc) is 3.13. The van der Waals surface area contributed by atoms with E-state index in [-0.39, 0.29) is 5.92 Å². The van der Waals surface area contributed by atoms with Crippen molar-refractivity contribution in [1.29, 1.82) is 0 Å². The maximum absolute atomic E-state index is 4.69. The summed E-state index contributed by atoms with van der Waals surface area (Å²) in [6, 6.07) is 18.4. The van der Waals surface area contributed by atoms with E-state index in [0.29, 0.717) is 17.8 Å². The number of hydrogen-bond acceptors (Lipinski definition) is 0. The summed E-state index contributed by atoms with van der Waals surface area (Å²) in [4.78, 5) is 0. The van der Waals surface area contributed by atoms with E-state index in [1.165, 1.54) is 55.7 Å². The van der Waals surface area contributed by atoms with E-state index in [0.717, 1.165) is 19.3 Å². The molecule has 1 fully saturated rings. The molecule has 182 valence electrons. The van der Waals surface area contributed by atoms with Crippen LogP contribution in [0.1, 0.15) is 101 Å². The van der Waals surface area contributed by atoms with Crippen molar-refractivity contribution in [3.05, 3.63) is 123 Å². The molecule has 0 N–H and O–H groups in total. The first-order valence-corrected chi connectivity index (χ1v) is 13.4. The maximum Gasteiger partial charge on any atom is 0.0201 e. The Morgan fingerprint density at radius 3 is 2.03 bits per heavy atom. The summed E-state index contributed by atoms with van der Waals surface area (Å²) in [5.74, 6) is 1.69. The minimum atomic E-state index is 0.289. The monoisotopic (exact) mass is 462 g/mol. The predicted octanol–water partition coefficient (Wildman–Crippen LogP) is 10.3. The van der Waals surface area contributed by atoms with Gasteiger partial charge in [-0.05, 0) is 76.1 Å². The third-order valence-corrected chi connectivity index (χ3v) is 7.89. The van der Waals surface area contributed by atoms with Crippen LogP contribution in [0.3, 0.4) is 0 Å². The standard InChI is InChI=1S/C35H42/c1-9-10-24(6)33-25(7)19-32-21-31(20-27-11-13-28(14-12-27)22(2)3)26(8)34(32)35(33)30-17-15-29(16-18-30)23(4)5/h11-20,22-23,34-35H,6,8-10,21H2,1-5,7H3/b31-20-. The number of hydrogen-bond donors (Lipinski definition) is 0. The molecule has 0 amide bonds. The van der Waals surface area contributed by atoms with Gasteiger partial charge in [0.15, 0.2) is 0 Å². The van der Waals surface area contributed by atoms with E-state index in [1.807, 2.05) is 0 Å². The molecule has 0 radical (unpaired) electrons. The van der Waals surface area contributed by atoms with Crippen molar-refractivity contribution in [3.63, 3.8) is 0 Å². The Hall–Kier alpha value is -2.86. The normalized spacial score (nSPS) is 21.2. The fraction of sp³-hybridized carbons (Fsp3) is 0.371. The topological polar surface area (TPSA) is 0 Å². The molecule has 2 aromatic rings. The lowest BCUT2D eigenvalue weighted by molar-refractivity contribution is 0.619. The van der Waals surface area contributed by atoms with Crippen molar-refractivity contribution in [2.45, 2.75) is 78.6 Å². The largest absolute Gasteiger partial charge is 0.0955 e. The molecule has 2 atom stereocenters. The number of benzene rings is 2. The lowest BCUT2D eigenvalue weighted by atomic mass is 9.69.